The van der Waals surface area contributed by atoms with Crippen molar-refractivity contribution < 1.29 is 59.7 Å². The molecule has 0 radical (unpaired) electrons. The third-order valence-corrected chi connectivity index (χ3v) is 10.4. The zero-order valence-corrected chi connectivity index (χ0v) is 32.8. The molecule has 55 heavy (non-hydrogen) atoms. The van der Waals surface area contributed by atoms with Gasteiger partial charge in [-0.2, -0.15) is 26.3 Å². The molecule has 1 aromatic carbocycles. The van der Waals surface area contributed by atoms with Crippen LogP contribution in [-0.4, -0.2) is 101 Å². The van der Waals surface area contributed by atoms with Gasteiger partial charge in [0.15, 0.2) is 0 Å². The average Bonchev–Trinajstić information content (AvgIpc) is 3.50. The Morgan fingerprint density at radius 1 is 0.909 bits per heavy atom. The topological polar surface area (TPSA) is 118 Å². The number of nitrogens with one attached hydrogen (secondary N) is 1. The highest BCUT2D eigenvalue weighted by molar-refractivity contribution is 5.88. The van der Waals surface area contributed by atoms with Crippen LogP contribution in [0.25, 0.3) is 0 Å². The standard InChI is InChI=1S/C38H54F6N4O7/c1-23(2)36(14-11-27(20-36)48(31(50)38(42,43)44)26-12-17-53-18-13-26)30(49)46-21-24-19-25(37(39,40)41)9-10-28(24)29(22-46)45-15-16-47(32(51)54-34(3,4)5)33(52)55-35(6,7)8/h9-10,19,23,26-27,29,45H,11-18,20-22H2,1-8H3/t27-,29?,36+/m1/s1. The molecule has 1 aromatic rings. The number of rotatable bonds is 8. The summed E-state index contributed by atoms with van der Waals surface area (Å²) in [6.07, 6.45) is -11.0. The Labute approximate surface area is 318 Å². The van der Waals surface area contributed by atoms with E-state index < -0.39 is 82.6 Å². The van der Waals surface area contributed by atoms with E-state index in [2.05, 4.69) is 5.32 Å². The monoisotopic (exact) mass is 792 g/mol. The third-order valence-electron chi connectivity index (χ3n) is 10.4. The van der Waals surface area contributed by atoms with Gasteiger partial charge in [-0.25, -0.2) is 14.5 Å². The van der Waals surface area contributed by atoms with Gasteiger partial charge in [0.25, 0.3) is 0 Å². The van der Waals surface area contributed by atoms with E-state index in [-0.39, 0.29) is 77.1 Å². The minimum atomic E-state index is -5.13. The van der Waals surface area contributed by atoms with Crippen LogP contribution in [0.5, 0.6) is 0 Å². The molecule has 4 amide bonds. The summed E-state index contributed by atoms with van der Waals surface area (Å²) < 4.78 is 99.8. The molecule has 2 fully saturated rings. The van der Waals surface area contributed by atoms with E-state index in [1.165, 1.54) is 11.0 Å². The second kappa shape index (κ2) is 16.5. The number of hydrogen-bond donors (Lipinski definition) is 1. The van der Waals surface area contributed by atoms with Crippen LogP contribution in [0.1, 0.15) is 110 Å². The van der Waals surface area contributed by atoms with Crippen LogP contribution >= 0.6 is 0 Å². The Morgan fingerprint density at radius 3 is 2.00 bits per heavy atom. The molecule has 1 aliphatic carbocycles. The number of amides is 4. The van der Waals surface area contributed by atoms with E-state index in [1.54, 1.807) is 55.4 Å². The molecule has 1 unspecified atom stereocenters. The van der Waals surface area contributed by atoms with Gasteiger partial charge in [-0.05, 0) is 103 Å². The van der Waals surface area contributed by atoms with Gasteiger partial charge in [0.1, 0.15) is 11.2 Å². The summed E-state index contributed by atoms with van der Waals surface area (Å²) in [4.78, 5) is 56.9. The summed E-state index contributed by atoms with van der Waals surface area (Å²) in [6.45, 7) is 13.2. The van der Waals surface area contributed by atoms with Gasteiger partial charge in [0.05, 0.1) is 17.0 Å². The molecular weight excluding hydrogens is 738 g/mol. The highest BCUT2D eigenvalue weighted by Gasteiger charge is 2.55. The van der Waals surface area contributed by atoms with E-state index in [0.717, 1.165) is 21.9 Å². The normalized spacial score (nSPS) is 22.6. The van der Waals surface area contributed by atoms with E-state index in [1.807, 2.05) is 0 Å². The molecular formula is C38H54F6N4O7. The van der Waals surface area contributed by atoms with Crippen molar-refractivity contribution in [3.05, 3.63) is 34.9 Å². The quantitative estimate of drug-likeness (QED) is 0.268. The van der Waals surface area contributed by atoms with Crippen LogP contribution in [0.4, 0.5) is 35.9 Å². The Morgan fingerprint density at radius 2 is 1.49 bits per heavy atom. The Hall–Kier alpha value is -3.60. The highest BCUT2D eigenvalue weighted by atomic mass is 19.4. The van der Waals surface area contributed by atoms with Gasteiger partial charge >= 0.3 is 30.4 Å². The lowest BCUT2D eigenvalue weighted by Crippen LogP contribution is -2.55. The first kappa shape index (κ1) is 44.1. The van der Waals surface area contributed by atoms with Crippen molar-refractivity contribution in [3.63, 3.8) is 0 Å². The molecule has 2 aliphatic heterocycles. The number of fused-ring (bicyclic) bond motifs is 1. The Kier molecular flexibility index (Phi) is 13.2. The molecule has 1 saturated heterocycles. The summed E-state index contributed by atoms with van der Waals surface area (Å²) in [5.74, 6) is -2.79. The number of halogens is 6. The van der Waals surface area contributed by atoms with Crippen molar-refractivity contribution in [2.24, 2.45) is 11.3 Å². The average molecular weight is 793 g/mol. The van der Waals surface area contributed by atoms with E-state index in [0.29, 0.717) is 5.56 Å². The predicted octanol–water partition coefficient (Wildman–Crippen LogP) is 7.62. The molecule has 1 saturated carbocycles. The first-order valence-electron chi connectivity index (χ1n) is 18.7. The van der Waals surface area contributed by atoms with Crippen LogP contribution < -0.4 is 5.32 Å². The van der Waals surface area contributed by atoms with Crippen molar-refractivity contribution in [1.29, 1.82) is 0 Å². The lowest BCUT2D eigenvalue weighted by molar-refractivity contribution is -0.192. The van der Waals surface area contributed by atoms with Gasteiger partial charge < -0.3 is 29.3 Å². The summed E-state index contributed by atoms with van der Waals surface area (Å²) >= 11 is 0. The van der Waals surface area contributed by atoms with Crippen molar-refractivity contribution in [1.82, 2.24) is 20.0 Å². The molecule has 11 nitrogen and oxygen atoms in total. The van der Waals surface area contributed by atoms with E-state index >= 15 is 0 Å². The summed E-state index contributed by atoms with van der Waals surface area (Å²) in [7, 11) is 0. The molecule has 2 heterocycles. The molecule has 17 heteroatoms. The van der Waals surface area contributed by atoms with E-state index in [4.69, 9.17) is 14.2 Å². The van der Waals surface area contributed by atoms with Gasteiger partial charge in [-0.1, -0.05) is 19.9 Å². The molecule has 0 bridgehead atoms. The summed E-state index contributed by atoms with van der Waals surface area (Å²) in [5, 5.41) is 3.20. The Bertz CT molecular complexity index is 1540. The molecule has 310 valence electrons. The lowest BCUT2D eigenvalue weighted by atomic mass is 9.73. The maximum absolute atomic E-state index is 14.7. The first-order chi connectivity index (χ1) is 25.2. The number of imide groups is 1. The maximum atomic E-state index is 14.7. The molecule has 0 aromatic heterocycles. The van der Waals surface area contributed by atoms with Gasteiger partial charge in [-0.3, -0.25) is 9.59 Å². The van der Waals surface area contributed by atoms with Crippen LogP contribution in [0.2, 0.25) is 0 Å². The number of hydrogen-bond acceptors (Lipinski definition) is 8. The number of benzene rings is 1. The van der Waals surface area contributed by atoms with E-state index in [9.17, 15) is 45.5 Å². The first-order valence-corrected chi connectivity index (χ1v) is 18.7. The zero-order chi connectivity index (χ0) is 41.3. The van der Waals surface area contributed by atoms with Crippen molar-refractivity contribution >= 4 is 24.0 Å². The number of carbonyl (C=O) groups is 4. The van der Waals surface area contributed by atoms with Crippen molar-refractivity contribution in [2.45, 2.75) is 136 Å². The summed E-state index contributed by atoms with van der Waals surface area (Å²) in [6, 6.07) is 0.877. The molecule has 0 spiro atoms. The predicted molar refractivity (Wildman–Crippen MR) is 188 cm³/mol. The van der Waals surface area contributed by atoms with Gasteiger partial charge in [0.2, 0.25) is 5.91 Å². The van der Waals surface area contributed by atoms with Crippen molar-refractivity contribution in [2.75, 3.05) is 32.8 Å². The van der Waals surface area contributed by atoms with Crippen LogP contribution in [0.3, 0.4) is 0 Å². The maximum Gasteiger partial charge on any atom is 0.471 e. The third kappa shape index (κ3) is 10.8. The fraction of sp³-hybridized carbons (Fsp3) is 0.737. The van der Waals surface area contributed by atoms with Crippen LogP contribution in [0, 0.1) is 11.3 Å². The number of ether oxygens (including phenoxy) is 3. The van der Waals surface area contributed by atoms with Gasteiger partial charge in [-0.15, -0.1) is 0 Å². The number of carbonyl (C=O) groups excluding carboxylic acids is 4. The lowest BCUT2D eigenvalue weighted by Gasteiger charge is -2.43. The second-order valence-corrected chi connectivity index (χ2v) is 17.0. The largest absolute Gasteiger partial charge is 0.471 e. The molecule has 3 atom stereocenters. The molecule has 4 rings (SSSR count). The van der Waals surface area contributed by atoms with Crippen LogP contribution in [-0.2, 0) is 36.5 Å². The van der Waals surface area contributed by atoms with Crippen molar-refractivity contribution in [3.8, 4) is 0 Å². The Balaban J connectivity index is 1.64. The van der Waals surface area contributed by atoms with Crippen LogP contribution in [0.15, 0.2) is 18.2 Å². The minimum absolute atomic E-state index is 0.0274. The number of nitrogens with zero attached hydrogens (tertiary/aromatic N) is 3. The smallest absolute Gasteiger partial charge is 0.443 e. The minimum Gasteiger partial charge on any atom is -0.443 e. The fourth-order valence-electron chi connectivity index (χ4n) is 7.72. The SMILES string of the molecule is CC(C)[C@]1(C(=O)N2Cc3cc(C(F)(F)F)ccc3C(NCCN(C(=O)OC(C)(C)C)C(=O)OC(C)(C)C)C2)CC[C@@H](N(C(=O)C(F)(F)F)C2CCOCC2)C1. The second-order valence-electron chi connectivity index (χ2n) is 17.0. The zero-order valence-electron chi connectivity index (χ0n) is 32.8. The molecule has 1 N–H and O–H groups in total. The summed E-state index contributed by atoms with van der Waals surface area (Å²) in [5.41, 5.74) is -3.34. The fourth-order valence-corrected chi connectivity index (χ4v) is 7.72. The molecule has 3 aliphatic rings. The van der Waals surface area contributed by atoms with Gasteiger partial charge in [0, 0.05) is 51.5 Å². The number of alkyl halides is 6. The highest BCUT2D eigenvalue weighted by Crippen LogP contribution is 2.49.